The number of nitrogens with two attached hydrogens (primary N) is 1. The highest BCUT2D eigenvalue weighted by molar-refractivity contribution is 7.21. The van der Waals surface area contributed by atoms with Crippen LogP contribution in [0.5, 0.6) is 0 Å². The Kier molecular flexibility index (Phi) is 4.56. The molecule has 1 fully saturated rings. The second-order valence-corrected chi connectivity index (χ2v) is 8.54. The highest BCUT2D eigenvalue weighted by atomic mass is 32.1. The largest absolute Gasteiger partial charge is 0.370 e. The maximum atomic E-state index is 13.4. The van der Waals surface area contributed by atoms with Crippen molar-refractivity contribution < 1.29 is 14.3 Å². The number of ether oxygens (including phenoxy) is 1. The molecule has 2 amide bonds. The number of fused-ring (bicyclic) bond motifs is 2. The summed E-state index contributed by atoms with van der Waals surface area (Å²) in [5, 5.41) is 1.90. The molecule has 4 aromatic rings. The Labute approximate surface area is 177 Å². The maximum Gasteiger partial charge on any atom is 0.259 e. The number of nitrogens with zero attached hydrogens (tertiary/aromatic N) is 2. The van der Waals surface area contributed by atoms with E-state index in [1.54, 1.807) is 0 Å². The molecule has 6 nitrogen and oxygen atoms in total. The summed E-state index contributed by atoms with van der Waals surface area (Å²) in [6.45, 7) is 1.29. The van der Waals surface area contributed by atoms with Gasteiger partial charge in [0, 0.05) is 41.0 Å². The summed E-state index contributed by atoms with van der Waals surface area (Å²) < 4.78 is 8.99. The molecule has 0 radical (unpaired) electrons. The van der Waals surface area contributed by atoms with Gasteiger partial charge in [0.2, 0.25) is 0 Å². The first kappa shape index (κ1) is 18.8. The fourth-order valence-electron chi connectivity index (χ4n) is 4.26. The van der Waals surface area contributed by atoms with E-state index in [1.807, 2.05) is 71.2 Å². The summed E-state index contributed by atoms with van der Waals surface area (Å²) in [5.74, 6) is -0.493. The topological polar surface area (TPSA) is 77.6 Å². The molecule has 7 heteroatoms. The first-order valence-electron chi connectivity index (χ1n) is 9.80. The van der Waals surface area contributed by atoms with E-state index < -0.39 is 12.0 Å². The lowest BCUT2D eigenvalue weighted by molar-refractivity contribution is -0.0221. The van der Waals surface area contributed by atoms with Gasteiger partial charge in [-0.2, -0.15) is 0 Å². The molecule has 2 aromatic heterocycles. The molecule has 1 atom stereocenters. The van der Waals surface area contributed by atoms with Gasteiger partial charge in [0.15, 0.2) is 0 Å². The van der Waals surface area contributed by atoms with Crippen LogP contribution in [0.1, 0.15) is 31.7 Å². The van der Waals surface area contributed by atoms with Crippen LogP contribution in [-0.4, -0.2) is 41.0 Å². The van der Waals surface area contributed by atoms with Gasteiger partial charge >= 0.3 is 0 Å². The van der Waals surface area contributed by atoms with Gasteiger partial charge in [-0.3, -0.25) is 9.59 Å². The van der Waals surface area contributed by atoms with Crippen LogP contribution in [0, 0.1) is 0 Å². The lowest BCUT2D eigenvalue weighted by atomic mass is 10.0. The number of carbonyl (C=O) groups excluding carboxylic acids is 2. The van der Waals surface area contributed by atoms with Gasteiger partial charge in [-0.15, -0.1) is 11.3 Å². The van der Waals surface area contributed by atoms with Crippen LogP contribution >= 0.6 is 11.3 Å². The van der Waals surface area contributed by atoms with Gasteiger partial charge in [-0.1, -0.05) is 36.4 Å². The van der Waals surface area contributed by atoms with E-state index in [0.717, 1.165) is 26.6 Å². The molecule has 1 saturated heterocycles. The highest BCUT2D eigenvalue weighted by Gasteiger charge is 2.32. The summed E-state index contributed by atoms with van der Waals surface area (Å²) in [5.41, 5.74) is 8.16. The molecule has 3 heterocycles. The number of aryl methyl sites for hydroxylation is 1. The Morgan fingerprint density at radius 1 is 1.10 bits per heavy atom. The number of morpholine rings is 1. The van der Waals surface area contributed by atoms with Crippen molar-refractivity contribution in [1.29, 1.82) is 0 Å². The van der Waals surface area contributed by atoms with Crippen molar-refractivity contribution in [2.45, 2.75) is 6.10 Å². The van der Waals surface area contributed by atoms with E-state index in [4.69, 9.17) is 10.5 Å². The van der Waals surface area contributed by atoms with E-state index >= 15 is 0 Å². The predicted octanol–water partition coefficient (Wildman–Crippen LogP) is 3.71. The van der Waals surface area contributed by atoms with Crippen LogP contribution in [0.25, 0.3) is 21.0 Å². The zero-order chi connectivity index (χ0) is 20.8. The lowest BCUT2D eigenvalue weighted by Gasteiger charge is -2.33. The molecule has 30 heavy (non-hydrogen) atoms. The van der Waals surface area contributed by atoms with E-state index in [9.17, 15) is 9.59 Å². The van der Waals surface area contributed by atoms with Crippen LogP contribution in [0.15, 0.2) is 54.7 Å². The molecule has 0 spiro atoms. The molecule has 0 saturated carbocycles. The molecule has 2 N–H and O–H groups in total. The number of thiophene rings is 1. The lowest BCUT2D eigenvalue weighted by Crippen LogP contribution is -2.42. The number of rotatable bonds is 3. The molecule has 2 aromatic carbocycles. The number of primary amides is 1. The quantitative estimate of drug-likeness (QED) is 0.550. The summed E-state index contributed by atoms with van der Waals surface area (Å²) in [6, 6.07) is 15.7. The van der Waals surface area contributed by atoms with Crippen molar-refractivity contribution in [3.8, 4) is 0 Å². The minimum Gasteiger partial charge on any atom is -0.370 e. The Morgan fingerprint density at radius 2 is 1.83 bits per heavy atom. The summed E-state index contributed by atoms with van der Waals surface area (Å²) in [7, 11) is 1.94. The number of hydrogen-bond donors (Lipinski definition) is 1. The monoisotopic (exact) mass is 419 g/mol. The third kappa shape index (κ3) is 2.98. The van der Waals surface area contributed by atoms with Gasteiger partial charge in [0.25, 0.3) is 11.8 Å². The van der Waals surface area contributed by atoms with E-state index in [1.165, 1.54) is 11.3 Å². The van der Waals surface area contributed by atoms with Crippen LogP contribution < -0.4 is 5.73 Å². The Morgan fingerprint density at radius 3 is 2.63 bits per heavy atom. The standard InChI is InChI=1S/C23H21N3O3S/c1-25-12-16(14-6-2-4-8-17(14)25)23(28)26-10-11-29-18(13-26)20-15-7-3-5-9-19(15)30-21(20)22(24)27/h2-9,12,18H,10-11,13H2,1H3,(H2,24,27). The average Bonchev–Trinajstić information content (AvgIpc) is 3.32. The molecule has 1 aliphatic heterocycles. The molecular formula is C23H21N3O3S. The van der Waals surface area contributed by atoms with E-state index in [0.29, 0.717) is 30.1 Å². The fraction of sp³-hybridized carbons (Fsp3) is 0.217. The SMILES string of the molecule is Cn1cc(C(=O)N2CCOC(c3c(C(N)=O)sc4ccccc34)C2)c2ccccc21. The van der Waals surface area contributed by atoms with Crippen molar-refractivity contribution >= 4 is 44.1 Å². The van der Waals surface area contributed by atoms with Crippen molar-refractivity contribution in [2.75, 3.05) is 19.7 Å². The van der Waals surface area contributed by atoms with Crippen molar-refractivity contribution in [2.24, 2.45) is 12.8 Å². The Hall–Kier alpha value is -3.16. The van der Waals surface area contributed by atoms with Crippen molar-refractivity contribution in [3.63, 3.8) is 0 Å². The van der Waals surface area contributed by atoms with Gasteiger partial charge in [-0.25, -0.2) is 0 Å². The Bertz CT molecular complexity index is 1290. The van der Waals surface area contributed by atoms with Crippen molar-refractivity contribution in [3.05, 3.63) is 70.7 Å². The minimum absolute atomic E-state index is 0.0275. The second kappa shape index (κ2) is 7.27. The first-order valence-corrected chi connectivity index (χ1v) is 10.6. The summed E-state index contributed by atoms with van der Waals surface area (Å²) in [4.78, 5) is 27.8. The zero-order valence-electron chi connectivity index (χ0n) is 16.5. The van der Waals surface area contributed by atoms with E-state index in [-0.39, 0.29) is 5.91 Å². The normalized spacial score (nSPS) is 17.0. The smallest absolute Gasteiger partial charge is 0.259 e. The molecule has 0 bridgehead atoms. The molecular weight excluding hydrogens is 398 g/mol. The first-order chi connectivity index (χ1) is 14.5. The number of carbonyl (C=O) groups is 2. The number of benzene rings is 2. The third-order valence-corrected chi connectivity index (χ3v) is 6.86. The van der Waals surface area contributed by atoms with Gasteiger partial charge in [0.1, 0.15) is 6.10 Å². The molecule has 5 rings (SSSR count). The molecule has 1 aliphatic rings. The van der Waals surface area contributed by atoms with Crippen molar-refractivity contribution in [1.82, 2.24) is 9.47 Å². The number of aromatic nitrogens is 1. The molecule has 0 aliphatic carbocycles. The van der Waals surface area contributed by atoms with Crippen LogP contribution in [0.2, 0.25) is 0 Å². The molecule has 152 valence electrons. The van der Waals surface area contributed by atoms with Crippen LogP contribution in [0.4, 0.5) is 0 Å². The minimum atomic E-state index is -0.465. The predicted molar refractivity (Wildman–Crippen MR) is 118 cm³/mol. The summed E-state index contributed by atoms with van der Waals surface area (Å²) >= 11 is 1.38. The van der Waals surface area contributed by atoms with Crippen LogP contribution in [0.3, 0.4) is 0 Å². The fourth-order valence-corrected chi connectivity index (χ4v) is 5.37. The zero-order valence-corrected chi connectivity index (χ0v) is 17.3. The van der Waals surface area contributed by atoms with Gasteiger partial charge in [0.05, 0.1) is 23.6 Å². The van der Waals surface area contributed by atoms with E-state index in [2.05, 4.69) is 0 Å². The Balaban J connectivity index is 1.51. The maximum absolute atomic E-state index is 13.4. The average molecular weight is 420 g/mol. The molecule has 1 unspecified atom stereocenters. The van der Waals surface area contributed by atoms with Gasteiger partial charge < -0.3 is 19.9 Å². The van der Waals surface area contributed by atoms with Crippen LogP contribution in [-0.2, 0) is 11.8 Å². The summed E-state index contributed by atoms with van der Waals surface area (Å²) in [6.07, 6.45) is 1.49. The van der Waals surface area contributed by atoms with Gasteiger partial charge in [-0.05, 0) is 17.5 Å². The third-order valence-electron chi connectivity index (χ3n) is 5.66. The highest BCUT2D eigenvalue weighted by Crippen LogP contribution is 2.38. The second-order valence-electron chi connectivity index (χ2n) is 7.49. The number of para-hydroxylation sites is 1. The number of hydrogen-bond acceptors (Lipinski definition) is 4. The number of amides is 2.